The van der Waals surface area contributed by atoms with Crippen molar-refractivity contribution in [3.05, 3.63) is 21.4 Å². The summed E-state index contributed by atoms with van der Waals surface area (Å²) < 4.78 is 1.08. The van der Waals surface area contributed by atoms with Crippen LogP contribution in [-0.4, -0.2) is 11.3 Å². The predicted octanol–water partition coefficient (Wildman–Crippen LogP) is 1.13. The first-order chi connectivity index (χ1) is 4.18. The lowest BCUT2D eigenvalue weighted by molar-refractivity contribution is 0.196. The summed E-state index contributed by atoms with van der Waals surface area (Å²) in [6, 6.07) is 0. The molecule has 1 rings (SSSR count). The van der Waals surface area contributed by atoms with Crippen LogP contribution in [0.2, 0.25) is 0 Å². The van der Waals surface area contributed by atoms with Gasteiger partial charge in [-0.2, -0.15) is 0 Å². The monoisotopic (exact) mass is 237 g/mol. The summed E-state index contributed by atoms with van der Waals surface area (Å²) in [7, 11) is 0. The predicted molar refractivity (Wildman–Crippen MR) is 45.0 cm³/mol. The zero-order valence-electron chi connectivity index (χ0n) is 5.06. The maximum Gasteiger partial charge on any atom is 0.144 e. The Hall–Kier alpha value is -0.0300. The molecule has 0 spiro atoms. The molecular weight excluding hydrogens is 229 g/mol. The van der Waals surface area contributed by atoms with Gasteiger partial charge in [0.25, 0.3) is 0 Å². The Morgan fingerprint density at radius 1 is 1.78 bits per heavy atom. The van der Waals surface area contributed by atoms with Gasteiger partial charge in [0, 0.05) is 9.28 Å². The Morgan fingerprint density at radius 2 is 2.44 bits per heavy atom. The van der Waals surface area contributed by atoms with E-state index in [1.54, 1.807) is 6.08 Å². The molecule has 0 aliphatic carbocycles. The molecule has 50 valence electrons. The zero-order chi connectivity index (χ0) is 6.85. The minimum Gasteiger partial charge on any atom is -0.370 e. The second-order valence-corrected chi connectivity index (χ2v) is 3.21. The largest absolute Gasteiger partial charge is 0.370 e. The molecule has 9 heavy (non-hydrogen) atoms. The molecular formula is C6H8INO. The Morgan fingerprint density at radius 3 is 2.89 bits per heavy atom. The van der Waals surface area contributed by atoms with Crippen molar-refractivity contribution >= 4 is 22.6 Å². The molecule has 1 unspecified atom stereocenters. The summed E-state index contributed by atoms with van der Waals surface area (Å²) in [6.07, 6.45) is 3.24. The standard InChI is InChI=1S/C6H8INO/c1-4-2-5(7)3-6(9)8-4/h2-3,6,8-9H,1H3. The van der Waals surface area contributed by atoms with Crippen molar-refractivity contribution in [2.45, 2.75) is 13.2 Å². The number of dihydropyridines is 1. The lowest BCUT2D eigenvalue weighted by Crippen LogP contribution is -2.27. The molecule has 3 heteroatoms. The van der Waals surface area contributed by atoms with Gasteiger partial charge in [-0.3, -0.25) is 0 Å². The maximum absolute atomic E-state index is 9.02. The molecule has 1 heterocycles. The average molecular weight is 237 g/mol. The number of hydrogen-bond acceptors (Lipinski definition) is 2. The Labute approximate surface area is 67.8 Å². The van der Waals surface area contributed by atoms with Gasteiger partial charge in [-0.25, -0.2) is 0 Å². The molecule has 1 aliphatic heterocycles. The van der Waals surface area contributed by atoms with Gasteiger partial charge in [0.2, 0.25) is 0 Å². The number of rotatable bonds is 0. The lowest BCUT2D eigenvalue weighted by Gasteiger charge is -2.15. The van der Waals surface area contributed by atoms with Crippen LogP contribution in [0.25, 0.3) is 0 Å². The summed E-state index contributed by atoms with van der Waals surface area (Å²) >= 11 is 2.17. The van der Waals surface area contributed by atoms with E-state index in [4.69, 9.17) is 5.11 Å². The number of allylic oxidation sites excluding steroid dienone is 3. The van der Waals surface area contributed by atoms with E-state index >= 15 is 0 Å². The van der Waals surface area contributed by atoms with Crippen molar-refractivity contribution in [3.8, 4) is 0 Å². The smallest absolute Gasteiger partial charge is 0.144 e. The molecule has 2 N–H and O–H groups in total. The minimum atomic E-state index is -0.498. The van der Waals surface area contributed by atoms with E-state index in [0.29, 0.717) is 0 Å². The average Bonchev–Trinajstić information content (AvgIpc) is 1.59. The second kappa shape index (κ2) is 2.70. The van der Waals surface area contributed by atoms with Crippen molar-refractivity contribution in [1.29, 1.82) is 0 Å². The number of hydrogen-bond donors (Lipinski definition) is 2. The van der Waals surface area contributed by atoms with Gasteiger partial charge in [-0.05, 0) is 41.7 Å². The van der Waals surface area contributed by atoms with Crippen LogP contribution in [0.15, 0.2) is 21.4 Å². The topological polar surface area (TPSA) is 32.3 Å². The normalized spacial score (nSPS) is 26.3. The van der Waals surface area contributed by atoms with Crippen LogP contribution >= 0.6 is 22.6 Å². The summed E-state index contributed by atoms with van der Waals surface area (Å²) in [5.74, 6) is 0. The second-order valence-electron chi connectivity index (χ2n) is 1.97. The van der Waals surface area contributed by atoms with Crippen LogP contribution in [-0.2, 0) is 0 Å². The molecule has 1 aliphatic rings. The summed E-state index contributed by atoms with van der Waals surface area (Å²) in [5.41, 5.74) is 1.01. The van der Waals surface area contributed by atoms with Gasteiger partial charge in [-0.1, -0.05) is 0 Å². The molecule has 0 aromatic rings. The molecule has 1 atom stereocenters. The van der Waals surface area contributed by atoms with Crippen LogP contribution < -0.4 is 5.32 Å². The van der Waals surface area contributed by atoms with Crippen LogP contribution in [0.1, 0.15) is 6.92 Å². The molecule has 0 aromatic heterocycles. The Kier molecular flexibility index (Phi) is 2.13. The van der Waals surface area contributed by atoms with Crippen LogP contribution in [0.4, 0.5) is 0 Å². The van der Waals surface area contributed by atoms with E-state index in [1.807, 2.05) is 13.0 Å². The van der Waals surface area contributed by atoms with Crippen LogP contribution in [0.5, 0.6) is 0 Å². The minimum absolute atomic E-state index is 0.498. The fourth-order valence-corrected chi connectivity index (χ4v) is 1.53. The van der Waals surface area contributed by atoms with E-state index < -0.39 is 6.23 Å². The van der Waals surface area contributed by atoms with E-state index in [2.05, 4.69) is 27.9 Å². The molecule has 0 saturated heterocycles. The van der Waals surface area contributed by atoms with Crippen LogP contribution in [0, 0.1) is 0 Å². The Bertz CT molecular complexity index is 174. The highest BCUT2D eigenvalue weighted by atomic mass is 127. The van der Waals surface area contributed by atoms with Crippen LogP contribution in [0.3, 0.4) is 0 Å². The molecule has 0 saturated carbocycles. The van der Waals surface area contributed by atoms with Gasteiger partial charge in [0.05, 0.1) is 0 Å². The van der Waals surface area contributed by atoms with Gasteiger partial charge in [0.1, 0.15) is 6.23 Å². The molecule has 0 aromatic carbocycles. The first kappa shape index (κ1) is 7.08. The molecule has 2 nitrogen and oxygen atoms in total. The molecule has 0 bridgehead atoms. The molecule has 0 radical (unpaired) electrons. The van der Waals surface area contributed by atoms with E-state index in [-0.39, 0.29) is 0 Å². The summed E-state index contributed by atoms with van der Waals surface area (Å²) in [6.45, 7) is 1.93. The fraction of sp³-hybridized carbons (Fsp3) is 0.333. The zero-order valence-corrected chi connectivity index (χ0v) is 7.21. The third-order valence-electron chi connectivity index (χ3n) is 1.05. The third-order valence-corrected chi connectivity index (χ3v) is 1.72. The van der Waals surface area contributed by atoms with Gasteiger partial charge < -0.3 is 10.4 Å². The SMILES string of the molecule is CC1=CC(I)=CC(O)N1. The highest BCUT2D eigenvalue weighted by molar-refractivity contribution is 14.1. The van der Waals surface area contributed by atoms with Crippen molar-refractivity contribution in [1.82, 2.24) is 5.32 Å². The first-order valence-corrected chi connectivity index (χ1v) is 3.76. The Balaban J connectivity index is 2.74. The van der Waals surface area contributed by atoms with Crippen molar-refractivity contribution < 1.29 is 5.11 Å². The number of halogens is 1. The maximum atomic E-state index is 9.02. The van der Waals surface area contributed by atoms with E-state index in [9.17, 15) is 0 Å². The number of aliphatic hydroxyl groups excluding tert-OH is 1. The number of aliphatic hydroxyl groups is 1. The van der Waals surface area contributed by atoms with Crippen molar-refractivity contribution in [2.75, 3.05) is 0 Å². The summed E-state index contributed by atoms with van der Waals surface area (Å²) in [5, 5.41) is 11.9. The van der Waals surface area contributed by atoms with Gasteiger partial charge in [-0.15, -0.1) is 0 Å². The highest BCUT2D eigenvalue weighted by Gasteiger charge is 2.04. The van der Waals surface area contributed by atoms with Crippen molar-refractivity contribution in [3.63, 3.8) is 0 Å². The number of nitrogens with one attached hydrogen (secondary N) is 1. The molecule has 0 fully saturated rings. The summed E-state index contributed by atoms with van der Waals surface area (Å²) in [4.78, 5) is 0. The third kappa shape index (κ3) is 1.98. The van der Waals surface area contributed by atoms with Gasteiger partial charge >= 0.3 is 0 Å². The van der Waals surface area contributed by atoms with E-state index in [0.717, 1.165) is 9.28 Å². The molecule has 0 amide bonds. The quantitative estimate of drug-likeness (QED) is 0.619. The highest BCUT2D eigenvalue weighted by Crippen LogP contribution is 2.14. The van der Waals surface area contributed by atoms with Gasteiger partial charge in [0.15, 0.2) is 0 Å². The fourth-order valence-electron chi connectivity index (χ4n) is 0.722. The lowest BCUT2D eigenvalue weighted by atomic mass is 10.3. The first-order valence-electron chi connectivity index (χ1n) is 2.69. The van der Waals surface area contributed by atoms with Crippen molar-refractivity contribution in [2.24, 2.45) is 0 Å². The van der Waals surface area contributed by atoms with E-state index in [1.165, 1.54) is 0 Å².